The molecule has 5 nitrogen and oxygen atoms in total. The molecule has 16 heavy (non-hydrogen) atoms. The number of aromatic nitrogens is 2. The number of hydrogen-bond acceptors (Lipinski definition) is 4. The molecule has 0 fully saturated rings. The van der Waals surface area contributed by atoms with Crippen molar-refractivity contribution < 1.29 is 4.74 Å². The second-order valence-electron chi connectivity index (χ2n) is 4.00. The van der Waals surface area contributed by atoms with E-state index in [9.17, 15) is 0 Å². The summed E-state index contributed by atoms with van der Waals surface area (Å²) in [6, 6.07) is 0. The van der Waals surface area contributed by atoms with Crippen LogP contribution in [0.2, 0.25) is 0 Å². The molecule has 1 heterocycles. The smallest absolute Gasteiger partial charge is 0.0587 e. The fourth-order valence-corrected chi connectivity index (χ4v) is 1.51. The predicted molar refractivity (Wildman–Crippen MR) is 64.3 cm³/mol. The lowest BCUT2D eigenvalue weighted by Gasteiger charge is -2.15. The molecule has 0 saturated heterocycles. The summed E-state index contributed by atoms with van der Waals surface area (Å²) in [5.74, 6) is 0. The van der Waals surface area contributed by atoms with E-state index in [-0.39, 0.29) is 0 Å². The monoisotopic (exact) mass is 226 g/mol. The summed E-state index contributed by atoms with van der Waals surface area (Å²) < 4.78 is 6.79. The van der Waals surface area contributed by atoms with Crippen LogP contribution >= 0.6 is 0 Å². The third-order valence-corrected chi connectivity index (χ3v) is 2.36. The number of hydrogen-bond donors (Lipinski definition) is 1. The van der Waals surface area contributed by atoms with E-state index in [0.29, 0.717) is 0 Å². The number of methoxy groups -OCH3 is 1. The average molecular weight is 226 g/mol. The van der Waals surface area contributed by atoms with Crippen LogP contribution in [0.5, 0.6) is 0 Å². The Bertz CT molecular complexity index is 287. The molecule has 92 valence electrons. The summed E-state index contributed by atoms with van der Waals surface area (Å²) in [4.78, 5) is 2.27. The van der Waals surface area contributed by atoms with Crippen LogP contribution in [0.3, 0.4) is 0 Å². The largest absolute Gasteiger partial charge is 0.383 e. The van der Waals surface area contributed by atoms with Crippen LogP contribution in [0.1, 0.15) is 5.56 Å². The maximum Gasteiger partial charge on any atom is 0.0587 e. The van der Waals surface area contributed by atoms with E-state index in [1.807, 2.05) is 17.9 Å². The van der Waals surface area contributed by atoms with Gasteiger partial charge in [-0.05, 0) is 7.05 Å². The number of aryl methyl sites for hydroxylation is 1. The standard InChI is InChI=1S/C11H22N4O/c1-14(6-4-12-5-7-16-3)9-11-8-13-15(2)10-11/h8,10,12H,4-7,9H2,1-3H3. The van der Waals surface area contributed by atoms with Crippen LogP contribution in [0.15, 0.2) is 12.4 Å². The van der Waals surface area contributed by atoms with Crippen LogP contribution < -0.4 is 5.32 Å². The summed E-state index contributed by atoms with van der Waals surface area (Å²) in [6.45, 7) is 4.64. The molecule has 0 radical (unpaired) electrons. The van der Waals surface area contributed by atoms with Crippen LogP contribution in [-0.2, 0) is 18.3 Å². The zero-order valence-corrected chi connectivity index (χ0v) is 10.4. The normalized spacial score (nSPS) is 11.2. The summed E-state index contributed by atoms with van der Waals surface area (Å²) >= 11 is 0. The van der Waals surface area contributed by atoms with E-state index in [1.54, 1.807) is 7.11 Å². The highest BCUT2D eigenvalue weighted by Crippen LogP contribution is 1.99. The molecule has 0 aliphatic rings. The molecule has 0 aromatic carbocycles. The van der Waals surface area contributed by atoms with E-state index in [0.717, 1.165) is 32.8 Å². The molecule has 0 unspecified atom stereocenters. The molecule has 0 bridgehead atoms. The average Bonchev–Trinajstić information content (AvgIpc) is 2.63. The molecule has 5 heteroatoms. The topological polar surface area (TPSA) is 42.3 Å². The van der Waals surface area contributed by atoms with E-state index in [2.05, 4.69) is 28.6 Å². The lowest BCUT2D eigenvalue weighted by Crippen LogP contribution is -2.30. The van der Waals surface area contributed by atoms with Crippen molar-refractivity contribution in [3.05, 3.63) is 18.0 Å². The highest BCUT2D eigenvalue weighted by molar-refractivity contribution is 5.02. The minimum Gasteiger partial charge on any atom is -0.383 e. The third-order valence-electron chi connectivity index (χ3n) is 2.36. The van der Waals surface area contributed by atoms with E-state index < -0.39 is 0 Å². The van der Waals surface area contributed by atoms with Gasteiger partial charge in [0.1, 0.15) is 0 Å². The molecule has 0 aliphatic heterocycles. The zero-order chi connectivity index (χ0) is 11.8. The first kappa shape index (κ1) is 13.2. The van der Waals surface area contributed by atoms with Crippen LogP contribution in [0.4, 0.5) is 0 Å². The lowest BCUT2D eigenvalue weighted by molar-refractivity contribution is 0.197. The van der Waals surface area contributed by atoms with E-state index in [4.69, 9.17) is 4.74 Å². The Morgan fingerprint density at radius 1 is 1.50 bits per heavy atom. The van der Waals surface area contributed by atoms with Gasteiger partial charge in [0.25, 0.3) is 0 Å². The molecule has 0 atom stereocenters. The summed E-state index contributed by atoms with van der Waals surface area (Å²) in [5.41, 5.74) is 1.25. The Balaban J connectivity index is 2.09. The Morgan fingerprint density at radius 2 is 2.31 bits per heavy atom. The molecule has 1 rings (SSSR count). The number of ether oxygens (including phenoxy) is 1. The van der Waals surface area contributed by atoms with Gasteiger partial charge in [-0.15, -0.1) is 0 Å². The molecule has 1 aromatic heterocycles. The van der Waals surface area contributed by atoms with Gasteiger partial charge in [-0.2, -0.15) is 5.10 Å². The fourth-order valence-electron chi connectivity index (χ4n) is 1.51. The lowest BCUT2D eigenvalue weighted by atomic mass is 10.3. The molecular weight excluding hydrogens is 204 g/mol. The number of likely N-dealkylation sites (N-methyl/N-ethyl adjacent to an activating group) is 1. The summed E-state index contributed by atoms with van der Waals surface area (Å²) in [6.07, 6.45) is 3.96. The van der Waals surface area contributed by atoms with Gasteiger partial charge in [-0.1, -0.05) is 0 Å². The first-order valence-electron chi connectivity index (χ1n) is 5.58. The number of rotatable bonds is 8. The van der Waals surface area contributed by atoms with Crippen molar-refractivity contribution in [1.29, 1.82) is 0 Å². The SMILES string of the molecule is COCCNCCN(C)Cc1cnn(C)c1. The quantitative estimate of drug-likeness (QED) is 0.638. The van der Waals surface area contributed by atoms with Crippen molar-refractivity contribution in [1.82, 2.24) is 20.0 Å². The van der Waals surface area contributed by atoms with Crippen molar-refractivity contribution in [3.63, 3.8) is 0 Å². The number of nitrogens with zero attached hydrogens (tertiary/aromatic N) is 3. The van der Waals surface area contributed by atoms with Crippen molar-refractivity contribution >= 4 is 0 Å². The highest BCUT2D eigenvalue weighted by Gasteiger charge is 2.01. The second-order valence-corrected chi connectivity index (χ2v) is 4.00. The highest BCUT2D eigenvalue weighted by atomic mass is 16.5. The van der Waals surface area contributed by atoms with Crippen LogP contribution in [0, 0.1) is 0 Å². The summed E-state index contributed by atoms with van der Waals surface area (Å²) in [7, 11) is 5.77. The molecule has 0 saturated carbocycles. The number of nitrogens with one attached hydrogen (secondary N) is 1. The van der Waals surface area contributed by atoms with Gasteiger partial charge in [0.05, 0.1) is 12.8 Å². The Morgan fingerprint density at radius 3 is 2.94 bits per heavy atom. The first-order valence-corrected chi connectivity index (χ1v) is 5.58. The molecule has 0 aliphatic carbocycles. The van der Waals surface area contributed by atoms with Crippen LogP contribution in [0.25, 0.3) is 0 Å². The van der Waals surface area contributed by atoms with Gasteiger partial charge in [-0.25, -0.2) is 0 Å². The minimum absolute atomic E-state index is 0.770. The fraction of sp³-hybridized carbons (Fsp3) is 0.727. The van der Waals surface area contributed by atoms with Crippen molar-refractivity contribution in [3.8, 4) is 0 Å². The maximum atomic E-state index is 4.96. The molecule has 1 N–H and O–H groups in total. The van der Waals surface area contributed by atoms with Gasteiger partial charge in [-0.3, -0.25) is 4.68 Å². The van der Waals surface area contributed by atoms with Gasteiger partial charge < -0.3 is 15.0 Å². The van der Waals surface area contributed by atoms with Crippen LogP contribution in [-0.4, -0.2) is 55.1 Å². The minimum atomic E-state index is 0.770. The van der Waals surface area contributed by atoms with Gasteiger partial charge in [0.2, 0.25) is 0 Å². The molecule has 1 aromatic rings. The second kappa shape index (κ2) is 7.38. The van der Waals surface area contributed by atoms with Gasteiger partial charge in [0, 0.05) is 52.1 Å². The predicted octanol–water partition coefficient (Wildman–Crippen LogP) is 0.0879. The maximum absolute atomic E-state index is 4.96. The third kappa shape index (κ3) is 5.25. The first-order chi connectivity index (χ1) is 7.72. The molecule has 0 amide bonds. The van der Waals surface area contributed by atoms with Gasteiger partial charge in [0.15, 0.2) is 0 Å². The Hall–Kier alpha value is -0.910. The Labute approximate surface area is 97.4 Å². The van der Waals surface area contributed by atoms with E-state index >= 15 is 0 Å². The molecular formula is C11H22N4O. The van der Waals surface area contributed by atoms with Crippen molar-refractivity contribution in [2.45, 2.75) is 6.54 Å². The van der Waals surface area contributed by atoms with Crippen molar-refractivity contribution in [2.24, 2.45) is 7.05 Å². The molecule has 0 spiro atoms. The summed E-state index contributed by atoms with van der Waals surface area (Å²) in [5, 5.41) is 7.47. The van der Waals surface area contributed by atoms with E-state index in [1.165, 1.54) is 5.56 Å². The Kier molecular flexibility index (Phi) is 6.07. The van der Waals surface area contributed by atoms with Crippen molar-refractivity contribution in [2.75, 3.05) is 40.4 Å². The zero-order valence-electron chi connectivity index (χ0n) is 10.4. The van der Waals surface area contributed by atoms with Gasteiger partial charge >= 0.3 is 0 Å².